The zero-order valence-corrected chi connectivity index (χ0v) is 17.1. The molecule has 0 bridgehead atoms. The number of likely N-dealkylation sites (tertiary alicyclic amines) is 1. The number of nitrogens with zero attached hydrogens (tertiary/aromatic N) is 1. The van der Waals surface area contributed by atoms with Gasteiger partial charge in [-0.2, -0.15) is 0 Å². The van der Waals surface area contributed by atoms with E-state index in [4.69, 9.17) is 0 Å². The lowest BCUT2D eigenvalue weighted by Gasteiger charge is -2.14. The molecule has 0 radical (unpaired) electrons. The number of amides is 4. The van der Waals surface area contributed by atoms with Crippen molar-refractivity contribution in [1.82, 2.24) is 10.2 Å². The van der Waals surface area contributed by atoms with E-state index in [9.17, 15) is 19.2 Å². The average molecular weight is 448 g/mol. The predicted octanol–water partition coefficient (Wildman–Crippen LogP) is 2.15. The third-order valence-electron chi connectivity index (χ3n) is 5.07. The minimum absolute atomic E-state index is 0.0189. The van der Waals surface area contributed by atoms with E-state index < -0.39 is 0 Å². The molecule has 0 aromatic heterocycles. The van der Waals surface area contributed by atoms with Crippen molar-refractivity contribution in [3.05, 3.63) is 40.4 Å². The number of fused-ring (bicyclic) bond motifs is 1. The molecular weight excluding hydrogens is 426 g/mol. The Labute approximate surface area is 171 Å². The number of nitrogens with one attached hydrogen (secondary N) is 2. The van der Waals surface area contributed by atoms with Crippen LogP contribution in [-0.4, -0.2) is 41.6 Å². The molecule has 2 aliphatic rings. The SMILES string of the molecule is Cc1cc(Br)ccc1NC(=O)CNC(=O)CCN1C(=O)[C@@H]2CC=CC[C@H]2C1=O. The normalized spacial score (nSPS) is 20.9. The Hall–Kier alpha value is -2.48. The number of hydrogen-bond acceptors (Lipinski definition) is 4. The summed E-state index contributed by atoms with van der Waals surface area (Å²) in [6.45, 7) is 1.74. The molecular formula is C20H22BrN3O4. The van der Waals surface area contributed by atoms with E-state index in [0.717, 1.165) is 10.0 Å². The highest BCUT2D eigenvalue weighted by molar-refractivity contribution is 9.10. The minimum Gasteiger partial charge on any atom is -0.347 e. The third kappa shape index (κ3) is 4.49. The van der Waals surface area contributed by atoms with Crippen molar-refractivity contribution in [1.29, 1.82) is 0 Å². The van der Waals surface area contributed by atoms with Gasteiger partial charge in [0.1, 0.15) is 0 Å². The van der Waals surface area contributed by atoms with Crippen molar-refractivity contribution in [2.75, 3.05) is 18.4 Å². The van der Waals surface area contributed by atoms with Crippen molar-refractivity contribution in [3.63, 3.8) is 0 Å². The Morgan fingerprint density at radius 1 is 1.11 bits per heavy atom. The van der Waals surface area contributed by atoms with Crippen molar-refractivity contribution in [2.24, 2.45) is 11.8 Å². The van der Waals surface area contributed by atoms with Crippen LogP contribution in [0.4, 0.5) is 5.69 Å². The van der Waals surface area contributed by atoms with Gasteiger partial charge in [0.15, 0.2) is 0 Å². The van der Waals surface area contributed by atoms with Gasteiger partial charge in [0.2, 0.25) is 23.6 Å². The Morgan fingerprint density at radius 2 is 1.75 bits per heavy atom. The lowest BCUT2D eigenvalue weighted by Crippen LogP contribution is -2.37. The molecule has 2 N–H and O–H groups in total. The van der Waals surface area contributed by atoms with Crippen LogP contribution in [0.2, 0.25) is 0 Å². The quantitative estimate of drug-likeness (QED) is 0.515. The summed E-state index contributed by atoms with van der Waals surface area (Å²) in [5.74, 6) is -1.70. The van der Waals surface area contributed by atoms with Gasteiger partial charge < -0.3 is 10.6 Å². The van der Waals surface area contributed by atoms with Gasteiger partial charge in [-0.25, -0.2) is 0 Å². The molecule has 1 aromatic carbocycles. The summed E-state index contributed by atoms with van der Waals surface area (Å²) >= 11 is 3.36. The van der Waals surface area contributed by atoms with Crippen LogP contribution in [0.15, 0.2) is 34.8 Å². The highest BCUT2D eigenvalue weighted by atomic mass is 79.9. The van der Waals surface area contributed by atoms with E-state index in [2.05, 4.69) is 26.6 Å². The van der Waals surface area contributed by atoms with Crippen LogP contribution in [-0.2, 0) is 19.2 Å². The molecule has 3 rings (SSSR count). The van der Waals surface area contributed by atoms with Crippen molar-refractivity contribution < 1.29 is 19.2 Å². The Kier molecular flexibility index (Phi) is 6.28. The van der Waals surface area contributed by atoms with Crippen molar-refractivity contribution >= 4 is 45.2 Å². The van der Waals surface area contributed by atoms with Crippen molar-refractivity contribution in [3.8, 4) is 0 Å². The summed E-state index contributed by atoms with van der Waals surface area (Å²) < 4.78 is 0.915. The Bertz CT molecular complexity index is 826. The smallest absolute Gasteiger partial charge is 0.243 e. The predicted molar refractivity (Wildman–Crippen MR) is 107 cm³/mol. The summed E-state index contributed by atoms with van der Waals surface area (Å²) in [7, 11) is 0. The first-order valence-corrected chi connectivity index (χ1v) is 9.99. The van der Waals surface area contributed by atoms with Crippen LogP contribution >= 0.6 is 15.9 Å². The molecule has 148 valence electrons. The number of carbonyl (C=O) groups excluding carboxylic acids is 4. The second kappa shape index (κ2) is 8.68. The van der Waals surface area contributed by atoms with Crippen LogP contribution < -0.4 is 10.6 Å². The zero-order valence-electron chi connectivity index (χ0n) is 15.5. The first kappa shape index (κ1) is 20.3. The number of rotatable bonds is 6. The molecule has 1 heterocycles. The van der Waals surface area contributed by atoms with Gasteiger partial charge in [-0.3, -0.25) is 24.1 Å². The molecule has 1 aliphatic heterocycles. The summed E-state index contributed by atoms with van der Waals surface area (Å²) in [6.07, 6.45) is 4.98. The van der Waals surface area contributed by atoms with E-state index >= 15 is 0 Å². The molecule has 1 aliphatic carbocycles. The van der Waals surface area contributed by atoms with Gasteiger partial charge in [0.05, 0.1) is 18.4 Å². The number of benzene rings is 1. The first-order chi connectivity index (χ1) is 13.4. The van der Waals surface area contributed by atoms with E-state index in [-0.39, 0.29) is 55.0 Å². The monoisotopic (exact) mass is 447 g/mol. The molecule has 1 fully saturated rings. The standard InChI is InChI=1S/C20H22BrN3O4/c1-12-10-13(21)6-7-16(12)23-18(26)11-22-17(25)8-9-24-19(27)14-4-2-3-5-15(14)20(24)28/h2-3,6-7,10,14-15H,4-5,8-9,11H2,1H3,(H,22,25)(H,23,26)/t14-,15-/m1/s1. The summed E-state index contributed by atoms with van der Waals surface area (Å²) in [5, 5.41) is 5.27. The molecule has 1 saturated heterocycles. The highest BCUT2D eigenvalue weighted by Crippen LogP contribution is 2.34. The van der Waals surface area contributed by atoms with Gasteiger partial charge in [0.25, 0.3) is 0 Å². The average Bonchev–Trinajstić information content (AvgIpc) is 2.91. The Balaban J connectivity index is 1.44. The first-order valence-electron chi connectivity index (χ1n) is 9.19. The third-order valence-corrected chi connectivity index (χ3v) is 5.56. The fraction of sp³-hybridized carbons (Fsp3) is 0.400. The topological polar surface area (TPSA) is 95.6 Å². The van der Waals surface area contributed by atoms with E-state index in [1.807, 2.05) is 31.2 Å². The summed E-state index contributed by atoms with van der Waals surface area (Å²) in [6, 6.07) is 5.47. The van der Waals surface area contributed by atoms with Gasteiger partial charge >= 0.3 is 0 Å². The van der Waals surface area contributed by atoms with Crippen LogP contribution in [0.5, 0.6) is 0 Å². The van der Waals surface area contributed by atoms with Crippen LogP contribution in [0.1, 0.15) is 24.8 Å². The second-order valence-corrected chi connectivity index (χ2v) is 7.93. The van der Waals surface area contributed by atoms with E-state index in [0.29, 0.717) is 18.5 Å². The highest BCUT2D eigenvalue weighted by Gasteiger charge is 2.46. The molecule has 1 aromatic rings. The molecule has 8 heteroatoms. The van der Waals surface area contributed by atoms with E-state index in [1.54, 1.807) is 6.07 Å². The second-order valence-electron chi connectivity index (χ2n) is 7.02. The van der Waals surface area contributed by atoms with Gasteiger partial charge in [-0.05, 0) is 43.5 Å². The summed E-state index contributed by atoms with van der Waals surface area (Å²) in [4.78, 5) is 50.0. The fourth-order valence-corrected chi connectivity index (χ4v) is 4.01. The van der Waals surface area contributed by atoms with E-state index in [1.165, 1.54) is 4.90 Å². The van der Waals surface area contributed by atoms with Crippen LogP contribution in [0.3, 0.4) is 0 Å². The maximum absolute atomic E-state index is 12.4. The molecule has 0 unspecified atom stereocenters. The lowest BCUT2D eigenvalue weighted by atomic mass is 9.85. The largest absolute Gasteiger partial charge is 0.347 e. The molecule has 4 amide bonds. The Morgan fingerprint density at radius 3 is 2.36 bits per heavy atom. The maximum atomic E-state index is 12.4. The summed E-state index contributed by atoms with van der Waals surface area (Å²) in [5.41, 5.74) is 1.57. The van der Waals surface area contributed by atoms with Gasteiger partial charge in [0, 0.05) is 23.1 Å². The number of aryl methyl sites for hydroxylation is 1. The van der Waals surface area contributed by atoms with Gasteiger partial charge in [-0.1, -0.05) is 28.1 Å². The number of allylic oxidation sites excluding steroid dienone is 2. The van der Waals surface area contributed by atoms with Gasteiger partial charge in [-0.15, -0.1) is 0 Å². The number of carbonyl (C=O) groups is 4. The number of imide groups is 1. The fourth-order valence-electron chi connectivity index (χ4n) is 3.53. The molecule has 28 heavy (non-hydrogen) atoms. The molecule has 7 nitrogen and oxygen atoms in total. The molecule has 0 saturated carbocycles. The number of hydrogen-bond donors (Lipinski definition) is 2. The van der Waals surface area contributed by atoms with Crippen molar-refractivity contribution in [2.45, 2.75) is 26.2 Å². The molecule has 2 atom stereocenters. The zero-order chi connectivity index (χ0) is 20.3. The van der Waals surface area contributed by atoms with Crippen LogP contribution in [0, 0.1) is 18.8 Å². The number of anilines is 1. The lowest BCUT2D eigenvalue weighted by molar-refractivity contribution is -0.140. The van der Waals surface area contributed by atoms with Crippen LogP contribution in [0.25, 0.3) is 0 Å². The number of halogens is 1. The molecule has 0 spiro atoms. The minimum atomic E-state index is -0.378. The maximum Gasteiger partial charge on any atom is 0.243 e.